The summed E-state index contributed by atoms with van der Waals surface area (Å²) >= 11 is 0. The zero-order valence-corrected chi connectivity index (χ0v) is 26.0. The second kappa shape index (κ2) is 20.3. The number of rotatable bonds is 21. The first kappa shape index (κ1) is 32.8. The average molecular weight is 507 g/mol. The molecule has 0 amide bonds. The van der Waals surface area contributed by atoms with E-state index in [0.29, 0.717) is 11.0 Å². The van der Waals surface area contributed by atoms with E-state index >= 15 is 0 Å². The molecular weight excluding hydrogens is 446 g/mol. The maximum atomic E-state index is 2.78. The summed E-state index contributed by atoms with van der Waals surface area (Å²) in [5.74, 6) is 0. The summed E-state index contributed by atoms with van der Waals surface area (Å²) in [6.45, 7) is 15.8. The van der Waals surface area contributed by atoms with E-state index in [0.717, 1.165) is 0 Å². The molecule has 0 aliphatic carbocycles. The Morgan fingerprint density at radius 1 is 0.567 bits per heavy atom. The van der Waals surface area contributed by atoms with Gasteiger partial charge in [0.2, 0.25) is 0 Å². The summed E-state index contributed by atoms with van der Waals surface area (Å²) in [6, 6.07) is 0. The molecule has 0 rings (SSSR count). The highest BCUT2D eigenvalue weighted by Crippen LogP contribution is 2.40. The van der Waals surface area contributed by atoms with Crippen LogP contribution in [0, 0.1) is 5.41 Å². The van der Waals surface area contributed by atoms with E-state index in [1.165, 1.54) is 133 Å². The predicted octanol–water partition coefficient (Wildman–Crippen LogP) is 9.01. The second-order valence-electron chi connectivity index (χ2n) is 10.6. The Kier molecular flexibility index (Phi) is 22.2. The van der Waals surface area contributed by atoms with Crippen LogP contribution >= 0.6 is 17.0 Å². The van der Waals surface area contributed by atoms with E-state index in [4.69, 9.17) is 0 Å². The molecule has 0 aliphatic heterocycles. The highest BCUT2D eigenvalue weighted by Gasteiger charge is 2.34. The summed E-state index contributed by atoms with van der Waals surface area (Å²) in [5.41, 5.74) is 0.937. The molecule has 0 N–H and O–H groups in total. The Hall–Kier alpha value is 0.657. The third-order valence-electron chi connectivity index (χ3n) is 7.94. The molecule has 0 aromatic heterocycles. The van der Waals surface area contributed by atoms with Crippen LogP contribution in [0.4, 0.5) is 0 Å². The molecule has 0 atom stereocenters. The van der Waals surface area contributed by atoms with Gasteiger partial charge in [0.1, 0.15) is 0 Å². The fourth-order valence-corrected chi connectivity index (χ4v) is 5.50. The van der Waals surface area contributed by atoms with Gasteiger partial charge < -0.3 is 4.57 Å². The lowest BCUT2D eigenvalue weighted by molar-refractivity contribution is 0.109. The van der Waals surface area contributed by atoms with Crippen LogP contribution in [-0.4, -0.2) is 27.1 Å². The summed E-state index contributed by atoms with van der Waals surface area (Å²) in [5, 5.41) is 0. The molecular formula is C27H60BrNSi. The van der Waals surface area contributed by atoms with Gasteiger partial charge in [0.05, 0.1) is 10.4 Å². The van der Waals surface area contributed by atoms with E-state index in [1.807, 2.05) is 0 Å². The molecule has 184 valence electrons. The van der Waals surface area contributed by atoms with Gasteiger partial charge in [0.15, 0.2) is 0 Å². The minimum Gasteiger partial charge on any atom is -0.327 e. The Morgan fingerprint density at radius 3 is 1.23 bits per heavy atom. The fourth-order valence-electron chi connectivity index (χ4n) is 5.02. The van der Waals surface area contributed by atoms with Crippen molar-refractivity contribution in [3.63, 3.8) is 0 Å². The van der Waals surface area contributed by atoms with Gasteiger partial charge in [-0.15, -0.1) is 17.0 Å². The summed E-state index contributed by atoms with van der Waals surface area (Å²) in [6.07, 6.45) is 25.7. The molecule has 0 heterocycles. The minimum atomic E-state index is 0. The van der Waals surface area contributed by atoms with Crippen LogP contribution in [0.25, 0.3) is 0 Å². The van der Waals surface area contributed by atoms with Crippen molar-refractivity contribution in [2.45, 2.75) is 163 Å². The Balaban J connectivity index is 0. The highest BCUT2D eigenvalue weighted by atomic mass is 79.9. The van der Waals surface area contributed by atoms with Gasteiger partial charge in [-0.05, 0) is 38.6 Å². The topological polar surface area (TPSA) is 3.24 Å². The maximum absolute atomic E-state index is 2.78. The largest absolute Gasteiger partial charge is 0.327 e. The van der Waals surface area contributed by atoms with Crippen molar-refractivity contribution in [2.24, 2.45) is 5.41 Å². The van der Waals surface area contributed by atoms with Crippen LogP contribution < -0.4 is 0 Å². The summed E-state index contributed by atoms with van der Waals surface area (Å²) in [7, 11) is 1.20. The maximum Gasteiger partial charge on any atom is 0.0791 e. The van der Waals surface area contributed by atoms with E-state index in [9.17, 15) is 0 Å². The number of hydrogen-bond donors (Lipinski definition) is 0. The third kappa shape index (κ3) is 15.5. The molecule has 3 heteroatoms. The van der Waals surface area contributed by atoms with Crippen molar-refractivity contribution in [2.75, 3.05) is 6.54 Å². The number of nitrogens with zero attached hydrogens (tertiary/aromatic N) is 1. The van der Waals surface area contributed by atoms with Crippen molar-refractivity contribution in [3.8, 4) is 0 Å². The first-order chi connectivity index (χ1) is 13.9. The SMILES string of the molecule is Br.CCCCCCCCCCCCCCCCN([SiH3])C(C)(C)CC(CC)(CC)CC. The molecule has 0 aromatic carbocycles. The van der Waals surface area contributed by atoms with E-state index in [2.05, 4.69) is 46.1 Å². The van der Waals surface area contributed by atoms with Crippen molar-refractivity contribution < 1.29 is 0 Å². The molecule has 0 saturated heterocycles. The lowest BCUT2D eigenvalue weighted by atomic mass is 9.71. The van der Waals surface area contributed by atoms with Crippen molar-refractivity contribution in [1.29, 1.82) is 0 Å². The zero-order chi connectivity index (χ0) is 22.0. The Bertz CT molecular complexity index is 347. The highest BCUT2D eigenvalue weighted by molar-refractivity contribution is 8.93. The molecule has 0 bridgehead atoms. The van der Waals surface area contributed by atoms with Crippen molar-refractivity contribution >= 4 is 27.4 Å². The predicted molar refractivity (Wildman–Crippen MR) is 149 cm³/mol. The first-order valence-corrected chi connectivity index (χ1v) is 14.5. The first-order valence-electron chi connectivity index (χ1n) is 13.6. The van der Waals surface area contributed by atoms with Gasteiger partial charge in [-0.3, -0.25) is 0 Å². The fraction of sp³-hybridized carbons (Fsp3) is 1.00. The molecule has 0 fully saturated rings. The minimum absolute atomic E-state index is 0. The van der Waals surface area contributed by atoms with Crippen LogP contribution in [0.15, 0.2) is 0 Å². The molecule has 0 spiro atoms. The van der Waals surface area contributed by atoms with Gasteiger partial charge in [0, 0.05) is 5.54 Å². The molecule has 1 nitrogen and oxygen atoms in total. The molecule has 0 aromatic rings. The molecule has 0 unspecified atom stereocenters. The number of unbranched alkanes of at least 4 members (excludes halogenated alkanes) is 13. The standard InChI is InChI=1S/C27H59NSi.BrH/c1-7-11-12-13-14-15-16-17-18-19-20-21-22-23-24-28(29)26(5,6)25-27(8-2,9-3)10-4;/h7-25H2,1-6,29H3;1H. The van der Waals surface area contributed by atoms with Gasteiger partial charge in [-0.25, -0.2) is 0 Å². The molecule has 0 saturated carbocycles. The van der Waals surface area contributed by atoms with Crippen LogP contribution in [-0.2, 0) is 0 Å². The second-order valence-corrected chi connectivity index (χ2v) is 11.6. The molecule has 30 heavy (non-hydrogen) atoms. The van der Waals surface area contributed by atoms with Crippen LogP contribution in [0.2, 0.25) is 0 Å². The monoisotopic (exact) mass is 505 g/mol. The van der Waals surface area contributed by atoms with Gasteiger partial charge in [-0.2, -0.15) is 0 Å². The van der Waals surface area contributed by atoms with Crippen molar-refractivity contribution in [3.05, 3.63) is 0 Å². The quantitative estimate of drug-likeness (QED) is 0.111. The smallest absolute Gasteiger partial charge is 0.0791 e. The van der Waals surface area contributed by atoms with Crippen LogP contribution in [0.1, 0.15) is 157 Å². The summed E-state index contributed by atoms with van der Waals surface area (Å²) < 4.78 is 2.78. The summed E-state index contributed by atoms with van der Waals surface area (Å²) in [4.78, 5) is 0. The lowest BCUT2D eigenvalue weighted by Gasteiger charge is -2.44. The van der Waals surface area contributed by atoms with E-state index in [-0.39, 0.29) is 17.0 Å². The van der Waals surface area contributed by atoms with E-state index in [1.54, 1.807) is 0 Å². The average Bonchev–Trinajstić information content (AvgIpc) is 2.72. The van der Waals surface area contributed by atoms with Gasteiger partial charge in [-0.1, -0.05) is 130 Å². The third-order valence-corrected chi connectivity index (χ3v) is 9.60. The Labute approximate surface area is 206 Å². The van der Waals surface area contributed by atoms with Crippen molar-refractivity contribution in [1.82, 2.24) is 4.57 Å². The molecule has 0 aliphatic rings. The van der Waals surface area contributed by atoms with Gasteiger partial charge >= 0.3 is 0 Å². The number of halogens is 1. The van der Waals surface area contributed by atoms with Crippen LogP contribution in [0.5, 0.6) is 0 Å². The van der Waals surface area contributed by atoms with E-state index < -0.39 is 0 Å². The zero-order valence-electron chi connectivity index (χ0n) is 22.3. The molecule has 0 radical (unpaired) electrons. The lowest BCUT2D eigenvalue weighted by Crippen LogP contribution is -2.46. The van der Waals surface area contributed by atoms with Gasteiger partial charge in [0.25, 0.3) is 0 Å². The van der Waals surface area contributed by atoms with Crippen LogP contribution in [0.3, 0.4) is 0 Å². The Morgan fingerprint density at radius 2 is 0.900 bits per heavy atom. The normalized spacial score (nSPS) is 12.5. The number of hydrogen-bond acceptors (Lipinski definition) is 1.